The number of aryl methyl sites for hydroxylation is 2. The van der Waals surface area contributed by atoms with Gasteiger partial charge in [0.25, 0.3) is 5.91 Å². The monoisotopic (exact) mass is 303 g/mol. The fraction of sp³-hybridized carbons (Fsp3) is 0.500. The molecule has 1 amide bonds. The Morgan fingerprint density at radius 2 is 2.23 bits per heavy atom. The molecule has 0 aliphatic carbocycles. The predicted octanol–water partition coefficient (Wildman–Crippen LogP) is 1.17. The number of amides is 1. The van der Waals surface area contributed by atoms with Crippen molar-refractivity contribution in [2.45, 2.75) is 32.9 Å². The van der Waals surface area contributed by atoms with E-state index in [1.165, 1.54) is 0 Å². The van der Waals surface area contributed by atoms with Gasteiger partial charge in [-0.25, -0.2) is 4.98 Å². The van der Waals surface area contributed by atoms with Gasteiger partial charge in [0.15, 0.2) is 0 Å². The third-order valence-corrected chi connectivity index (χ3v) is 4.17. The molecule has 22 heavy (non-hydrogen) atoms. The molecule has 0 radical (unpaired) electrons. The van der Waals surface area contributed by atoms with Crippen molar-refractivity contribution >= 4 is 11.6 Å². The van der Waals surface area contributed by atoms with Crippen molar-refractivity contribution in [3.05, 3.63) is 35.3 Å². The molecule has 2 aromatic rings. The van der Waals surface area contributed by atoms with Crippen molar-refractivity contribution in [2.24, 2.45) is 0 Å². The molecule has 3 rings (SSSR count). The van der Waals surface area contributed by atoms with Gasteiger partial charge in [-0.05, 0) is 32.4 Å². The fourth-order valence-electron chi connectivity index (χ4n) is 3.02. The highest BCUT2D eigenvalue weighted by atomic mass is 16.5. The first-order chi connectivity index (χ1) is 10.5. The second kappa shape index (κ2) is 5.70. The largest absolute Gasteiger partial charge is 0.388 e. The standard InChI is InChI=1S/C16H21N3O3/c1-4-18(12-8-22-9-13(12)20)16(21)15-11(3)17-14-6-5-10(2)7-19(14)15/h5-7,12-13,20H,4,8-9H2,1-3H3/t12-,13-/m0/s1. The Labute approximate surface area is 129 Å². The molecule has 0 aromatic carbocycles. The molecule has 3 heterocycles. The number of carbonyl (C=O) groups excluding carboxylic acids is 1. The van der Waals surface area contributed by atoms with E-state index in [0.717, 1.165) is 11.2 Å². The van der Waals surface area contributed by atoms with Crippen LogP contribution in [0.4, 0.5) is 0 Å². The van der Waals surface area contributed by atoms with Gasteiger partial charge in [0.1, 0.15) is 11.3 Å². The van der Waals surface area contributed by atoms with Gasteiger partial charge < -0.3 is 14.7 Å². The summed E-state index contributed by atoms with van der Waals surface area (Å²) in [6, 6.07) is 3.58. The number of ether oxygens (including phenoxy) is 1. The number of likely N-dealkylation sites (N-methyl/N-ethyl adjacent to an activating group) is 1. The molecule has 1 N–H and O–H groups in total. The molecule has 0 bridgehead atoms. The summed E-state index contributed by atoms with van der Waals surface area (Å²) in [5.41, 5.74) is 3.07. The van der Waals surface area contributed by atoms with Crippen LogP contribution in [0.2, 0.25) is 0 Å². The zero-order valence-corrected chi connectivity index (χ0v) is 13.1. The number of aliphatic hydroxyl groups is 1. The maximum absolute atomic E-state index is 13.0. The third kappa shape index (κ3) is 2.38. The van der Waals surface area contributed by atoms with Crippen LogP contribution in [0.3, 0.4) is 0 Å². The molecule has 2 aromatic heterocycles. The van der Waals surface area contributed by atoms with Crippen LogP contribution >= 0.6 is 0 Å². The maximum Gasteiger partial charge on any atom is 0.273 e. The van der Waals surface area contributed by atoms with Gasteiger partial charge in [-0.2, -0.15) is 0 Å². The highest BCUT2D eigenvalue weighted by molar-refractivity contribution is 5.95. The zero-order valence-electron chi connectivity index (χ0n) is 13.1. The molecule has 0 unspecified atom stereocenters. The second-order valence-electron chi connectivity index (χ2n) is 5.74. The summed E-state index contributed by atoms with van der Waals surface area (Å²) in [4.78, 5) is 19.2. The van der Waals surface area contributed by atoms with Crippen molar-refractivity contribution in [3.8, 4) is 0 Å². The average molecular weight is 303 g/mol. The van der Waals surface area contributed by atoms with Crippen LogP contribution in [0.15, 0.2) is 18.3 Å². The summed E-state index contributed by atoms with van der Waals surface area (Å²) < 4.78 is 7.12. The predicted molar refractivity (Wildman–Crippen MR) is 82.0 cm³/mol. The number of pyridine rings is 1. The Morgan fingerprint density at radius 3 is 2.86 bits per heavy atom. The van der Waals surface area contributed by atoms with E-state index in [4.69, 9.17) is 4.74 Å². The van der Waals surface area contributed by atoms with Crippen LogP contribution in [0, 0.1) is 13.8 Å². The normalized spacial score (nSPS) is 21.5. The van der Waals surface area contributed by atoms with E-state index in [2.05, 4.69) is 4.98 Å². The topological polar surface area (TPSA) is 67.1 Å². The van der Waals surface area contributed by atoms with Crippen LogP contribution in [-0.2, 0) is 4.74 Å². The minimum atomic E-state index is -0.634. The lowest BCUT2D eigenvalue weighted by molar-refractivity contribution is 0.0513. The van der Waals surface area contributed by atoms with E-state index in [-0.39, 0.29) is 18.6 Å². The number of rotatable bonds is 3. The number of nitrogens with zero attached hydrogens (tertiary/aromatic N) is 3. The lowest BCUT2D eigenvalue weighted by Gasteiger charge is -2.28. The minimum Gasteiger partial charge on any atom is -0.388 e. The van der Waals surface area contributed by atoms with Gasteiger partial charge in [0, 0.05) is 12.7 Å². The number of aromatic nitrogens is 2. The van der Waals surface area contributed by atoms with Gasteiger partial charge >= 0.3 is 0 Å². The highest BCUT2D eigenvalue weighted by Gasteiger charge is 2.35. The molecule has 1 saturated heterocycles. The Morgan fingerprint density at radius 1 is 1.45 bits per heavy atom. The Balaban J connectivity index is 2.03. The van der Waals surface area contributed by atoms with Gasteiger partial charge in [0.2, 0.25) is 0 Å². The van der Waals surface area contributed by atoms with E-state index in [1.54, 1.807) is 4.90 Å². The number of hydrogen-bond acceptors (Lipinski definition) is 4. The molecule has 1 aliphatic rings. The summed E-state index contributed by atoms with van der Waals surface area (Å²) in [6.07, 6.45) is 1.28. The zero-order chi connectivity index (χ0) is 15.9. The molecule has 2 atom stereocenters. The molecule has 1 aliphatic heterocycles. The Bertz CT molecular complexity index is 710. The van der Waals surface area contributed by atoms with Crippen LogP contribution in [0.1, 0.15) is 28.7 Å². The lowest BCUT2D eigenvalue weighted by atomic mass is 10.1. The maximum atomic E-state index is 13.0. The number of hydrogen-bond donors (Lipinski definition) is 1. The molecule has 0 saturated carbocycles. The first-order valence-corrected chi connectivity index (χ1v) is 7.55. The summed E-state index contributed by atoms with van der Waals surface area (Å²) in [6.45, 7) is 6.89. The van der Waals surface area contributed by atoms with Crippen molar-refractivity contribution in [1.29, 1.82) is 0 Å². The number of imidazole rings is 1. The molecule has 0 spiro atoms. The van der Waals surface area contributed by atoms with E-state index < -0.39 is 6.10 Å². The Kier molecular flexibility index (Phi) is 3.88. The van der Waals surface area contributed by atoms with E-state index in [9.17, 15) is 9.90 Å². The molecule has 118 valence electrons. The number of aliphatic hydroxyl groups excluding tert-OH is 1. The average Bonchev–Trinajstić information content (AvgIpc) is 3.02. The quantitative estimate of drug-likeness (QED) is 0.924. The van der Waals surface area contributed by atoms with Crippen molar-refractivity contribution < 1.29 is 14.6 Å². The minimum absolute atomic E-state index is 0.118. The SMILES string of the molecule is CCN(C(=O)c1c(C)nc2ccc(C)cn12)[C@H]1COC[C@@H]1O. The summed E-state index contributed by atoms with van der Waals surface area (Å²) in [7, 11) is 0. The molecule has 6 heteroatoms. The van der Waals surface area contributed by atoms with Crippen LogP contribution in [0.5, 0.6) is 0 Å². The van der Waals surface area contributed by atoms with E-state index in [0.29, 0.717) is 24.5 Å². The van der Waals surface area contributed by atoms with Crippen molar-refractivity contribution in [1.82, 2.24) is 14.3 Å². The van der Waals surface area contributed by atoms with E-state index >= 15 is 0 Å². The summed E-state index contributed by atoms with van der Waals surface area (Å²) in [5.74, 6) is -0.118. The van der Waals surface area contributed by atoms with Crippen LogP contribution in [0.25, 0.3) is 5.65 Å². The molecular formula is C16H21N3O3. The summed E-state index contributed by atoms with van der Waals surface area (Å²) in [5, 5.41) is 10.0. The molecule has 1 fully saturated rings. The van der Waals surface area contributed by atoms with Gasteiger partial charge in [-0.1, -0.05) is 6.07 Å². The van der Waals surface area contributed by atoms with Crippen LogP contribution < -0.4 is 0 Å². The highest BCUT2D eigenvalue weighted by Crippen LogP contribution is 2.20. The first-order valence-electron chi connectivity index (χ1n) is 7.55. The first kappa shape index (κ1) is 15.0. The van der Waals surface area contributed by atoms with Crippen molar-refractivity contribution in [2.75, 3.05) is 19.8 Å². The third-order valence-electron chi connectivity index (χ3n) is 4.17. The van der Waals surface area contributed by atoms with Crippen molar-refractivity contribution in [3.63, 3.8) is 0 Å². The summed E-state index contributed by atoms with van der Waals surface area (Å²) >= 11 is 0. The van der Waals surface area contributed by atoms with Gasteiger partial charge in [0.05, 0.1) is 31.1 Å². The number of carbonyl (C=O) groups is 1. The fourth-order valence-corrected chi connectivity index (χ4v) is 3.02. The second-order valence-corrected chi connectivity index (χ2v) is 5.74. The molecule has 6 nitrogen and oxygen atoms in total. The smallest absolute Gasteiger partial charge is 0.273 e. The molecular weight excluding hydrogens is 282 g/mol. The van der Waals surface area contributed by atoms with Gasteiger partial charge in [-0.3, -0.25) is 9.20 Å². The lowest BCUT2D eigenvalue weighted by Crippen LogP contribution is -2.47. The van der Waals surface area contributed by atoms with Gasteiger partial charge in [-0.15, -0.1) is 0 Å². The van der Waals surface area contributed by atoms with E-state index in [1.807, 2.05) is 43.5 Å². The number of fused-ring (bicyclic) bond motifs is 1. The Hall–Kier alpha value is -1.92. The van der Waals surface area contributed by atoms with Crippen LogP contribution in [-0.4, -0.2) is 57.2 Å².